The average Bonchev–Trinajstić information content (AvgIpc) is 2.60. The molecule has 15 heavy (non-hydrogen) atoms. The van der Waals surface area contributed by atoms with Gasteiger partial charge in [0.25, 0.3) is 0 Å². The second-order valence-corrected chi connectivity index (χ2v) is 3.97. The SMILES string of the molecule is CCC(C)(N)C(=O)NCc1ccc(C)o1. The smallest absolute Gasteiger partial charge is 0.240 e. The van der Waals surface area contributed by atoms with Crippen LogP contribution in [0.2, 0.25) is 0 Å². The van der Waals surface area contributed by atoms with Crippen LogP contribution in [0.25, 0.3) is 0 Å². The molecule has 1 amide bonds. The van der Waals surface area contributed by atoms with Crippen molar-refractivity contribution in [2.45, 2.75) is 39.3 Å². The van der Waals surface area contributed by atoms with E-state index in [0.29, 0.717) is 13.0 Å². The van der Waals surface area contributed by atoms with Crippen molar-refractivity contribution in [1.29, 1.82) is 0 Å². The van der Waals surface area contributed by atoms with Gasteiger partial charge in [0, 0.05) is 0 Å². The van der Waals surface area contributed by atoms with Gasteiger partial charge in [-0.15, -0.1) is 0 Å². The Bertz CT molecular complexity index is 342. The topological polar surface area (TPSA) is 68.3 Å². The summed E-state index contributed by atoms with van der Waals surface area (Å²) >= 11 is 0. The zero-order valence-corrected chi connectivity index (χ0v) is 9.46. The van der Waals surface area contributed by atoms with Crippen LogP contribution in [0.4, 0.5) is 0 Å². The van der Waals surface area contributed by atoms with Gasteiger partial charge in [0.2, 0.25) is 5.91 Å². The monoisotopic (exact) mass is 210 g/mol. The fourth-order valence-corrected chi connectivity index (χ4v) is 1.11. The Kier molecular flexibility index (Phi) is 3.52. The Morgan fingerprint density at radius 3 is 2.73 bits per heavy atom. The van der Waals surface area contributed by atoms with Gasteiger partial charge in [0.05, 0.1) is 12.1 Å². The van der Waals surface area contributed by atoms with Crippen molar-refractivity contribution in [3.63, 3.8) is 0 Å². The van der Waals surface area contributed by atoms with Gasteiger partial charge in [-0.2, -0.15) is 0 Å². The number of amides is 1. The summed E-state index contributed by atoms with van der Waals surface area (Å²) in [5, 5.41) is 2.75. The molecule has 4 heteroatoms. The summed E-state index contributed by atoms with van der Waals surface area (Å²) in [5.74, 6) is 1.43. The molecule has 0 aliphatic rings. The van der Waals surface area contributed by atoms with Crippen LogP contribution in [0.5, 0.6) is 0 Å². The summed E-state index contributed by atoms with van der Waals surface area (Å²) in [6, 6.07) is 3.71. The van der Waals surface area contributed by atoms with Gasteiger partial charge >= 0.3 is 0 Å². The third kappa shape index (κ3) is 3.09. The third-order valence-electron chi connectivity index (χ3n) is 2.47. The lowest BCUT2D eigenvalue weighted by molar-refractivity contribution is -0.126. The molecule has 4 nitrogen and oxygen atoms in total. The minimum absolute atomic E-state index is 0.154. The van der Waals surface area contributed by atoms with Crippen LogP contribution < -0.4 is 11.1 Å². The lowest BCUT2D eigenvalue weighted by Gasteiger charge is -2.20. The number of carbonyl (C=O) groups is 1. The van der Waals surface area contributed by atoms with Crippen LogP contribution in [0.15, 0.2) is 16.5 Å². The van der Waals surface area contributed by atoms with Crippen molar-refractivity contribution in [3.8, 4) is 0 Å². The third-order valence-corrected chi connectivity index (χ3v) is 2.47. The number of furan rings is 1. The molecule has 0 saturated carbocycles. The Balaban J connectivity index is 2.47. The number of carbonyl (C=O) groups excluding carboxylic acids is 1. The van der Waals surface area contributed by atoms with E-state index in [-0.39, 0.29) is 5.91 Å². The van der Waals surface area contributed by atoms with E-state index in [9.17, 15) is 4.79 Å². The van der Waals surface area contributed by atoms with Crippen molar-refractivity contribution in [1.82, 2.24) is 5.32 Å². The van der Waals surface area contributed by atoms with Crippen LogP contribution in [0.1, 0.15) is 31.8 Å². The van der Waals surface area contributed by atoms with E-state index in [0.717, 1.165) is 11.5 Å². The predicted molar refractivity (Wildman–Crippen MR) is 58.2 cm³/mol. The number of nitrogens with one attached hydrogen (secondary N) is 1. The van der Waals surface area contributed by atoms with E-state index in [1.165, 1.54) is 0 Å². The molecule has 1 atom stereocenters. The predicted octanol–water partition coefficient (Wildman–Crippen LogP) is 1.33. The number of hydrogen-bond acceptors (Lipinski definition) is 3. The second kappa shape index (κ2) is 4.49. The van der Waals surface area contributed by atoms with Crippen LogP contribution in [-0.4, -0.2) is 11.4 Å². The summed E-state index contributed by atoms with van der Waals surface area (Å²) in [4.78, 5) is 11.6. The highest BCUT2D eigenvalue weighted by molar-refractivity contribution is 5.85. The Labute approximate surface area is 89.8 Å². The van der Waals surface area contributed by atoms with Gasteiger partial charge in [0.1, 0.15) is 11.5 Å². The molecule has 0 radical (unpaired) electrons. The van der Waals surface area contributed by atoms with Gasteiger partial charge in [-0.3, -0.25) is 4.79 Å². The Morgan fingerprint density at radius 2 is 2.27 bits per heavy atom. The molecule has 1 rings (SSSR count). The quantitative estimate of drug-likeness (QED) is 0.787. The van der Waals surface area contributed by atoms with E-state index in [1.54, 1.807) is 6.92 Å². The van der Waals surface area contributed by atoms with Gasteiger partial charge < -0.3 is 15.5 Å². The van der Waals surface area contributed by atoms with Gasteiger partial charge in [-0.25, -0.2) is 0 Å². The first-order valence-corrected chi connectivity index (χ1v) is 5.08. The molecule has 0 fully saturated rings. The summed E-state index contributed by atoms with van der Waals surface area (Å²) < 4.78 is 5.32. The molecule has 0 saturated heterocycles. The highest BCUT2D eigenvalue weighted by Crippen LogP contribution is 2.08. The van der Waals surface area contributed by atoms with Gasteiger partial charge in [0.15, 0.2) is 0 Å². The first kappa shape index (κ1) is 11.8. The number of rotatable bonds is 4. The molecule has 3 N–H and O–H groups in total. The second-order valence-electron chi connectivity index (χ2n) is 3.97. The minimum Gasteiger partial charge on any atom is -0.465 e. The molecule has 0 aliphatic carbocycles. The number of aryl methyl sites for hydroxylation is 1. The molecular weight excluding hydrogens is 192 g/mol. The van der Waals surface area contributed by atoms with Crippen molar-refractivity contribution < 1.29 is 9.21 Å². The molecule has 1 unspecified atom stereocenters. The fraction of sp³-hybridized carbons (Fsp3) is 0.545. The maximum atomic E-state index is 11.6. The minimum atomic E-state index is -0.804. The van der Waals surface area contributed by atoms with Crippen molar-refractivity contribution in [2.24, 2.45) is 5.73 Å². The van der Waals surface area contributed by atoms with Crippen molar-refractivity contribution >= 4 is 5.91 Å². The lowest BCUT2D eigenvalue weighted by atomic mass is 10.00. The van der Waals surface area contributed by atoms with E-state index in [4.69, 9.17) is 10.2 Å². The molecule has 0 bridgehead atoms. The zero-order chi connectivity index (χ0) is 11.5. The Hall–Kier alpha value is -1.29. The summed E-state index contributed by atoms with van der Waals surface area (Å²) in [7, 11) is 0. The summed E-state index contributed by atoms with van der Waals surface area (Å²) in [6.07, 6.45) is 0.607. The average molecular weight is 210 g/mol. The van der Waals surface area contributed by atoms with Crippen LogP contribution in [0.3, 0.4) is 0 Å². The fourth-order valence-electron chi connectivity index (χ4n) is 1.11. The largest absolute Gasteiger partial charge is 0.465 e. The molecular formula is C11H18N2O2. The summed E-state index contributed by atoms with van der Waals surface area (Å²) in [6.45, 7) is 5.86. The van der Waals surface area contributed by atoms with E-state index in [2.05, 4.69) is 5.32 Å². The van der Waals surface area contributed by atoms with Gasteiger partial charge in [-0.1, -0.05) is 6.92 Å². The van der Waals surface area contributed by atoms with E-state index in [1.807, 2.05) is 26.0 Å². The standard InChI is InChI=1S/C11H18N2O2/c1-4-11(3,12)10(14)13-7-9-6-5-8(2)15-9/h5-6H,4,7,12H2,1-3H3,(H,13,14). The Morgan fingerprint density at radius 1 is 1.60 bits per heavy atom. The van der Waals surface area contributed by atoms with Gasteiger partial charge in [-0.05, 0) is 32.4 Å². The number of hydrogen-bond donors (Lipinski definition) is 2. The van der Waals surface area contributed by atoms with Crippen LogP contribution >= 0.6 is 0 Å². The van der Waals surface area contributed by atoms with Crippen LogP contribution in [0, 0.1) is 6.92 Å². The number of nitrogens with two attached hydrogens (primary N) is 1. The van der Waals surface area contributed by atoms with Crippen molar-refractivity contribution in [2.75, 3.05) is 0 Å². The van der Waals surface area contributed by atoms with E-state index < -0.39 is 5.54 Å². The maximum Gasteiger partial charge on any atom is 0.240 e. The molecule has 84 valence electrons. The van der Waals surface area contributed by atoms with Crippen molar-refractivity contribution in [3.05, 3.63) is 23.7 Å². The highest BCUT2D eigenvalue weighted by Gasteiger charge is 2.25. The zero-order valence-electron chi connectivity index (χ0n) is 9.46. The van der Waals surface area contributed by atoms with Crippen LogP contribution in [-0.2, 0) is 11.3 Å². The highest BCUT2D eigenvalue weighted by atomic mass is 16.3. The molecule has 1 aromatic rings. The normalized spacial score (nSPS) is 14.7. The molecule has 0 aromatic carbocycles. The first-order chi connectivity index (χ1) is 6.95. The molecule has 1 heterocycles. The molecule has 1 aromatic heterocycles. The molecule has 0 spiro atoms. The first-order valence-electron chi connectivity index (χ1n) is 5.08. The lowest BCUT2D eigenvalue weighted by Crippen LogP contribution is -2.50. The summed E-state index contributed by atoms with van der Waals surface area (Å²) in [5.41, 5.74) is 4.98. The van der Waals surface area contributed by atoms with E-state index >= 15 is 0 Å². The molecule has 0 aliphatic heterocycles. The maximum absolute atomic E-state index is 11.6.